The van der Waals surface area contributed by atoms with Crippen LogP contribution in [0.4, 0.5) is 0 Å². The maximum atomic E-state index is 5.80. The van der Waals surface area contributed by atoms with Gasteiger partial charge in [0.05, 0.1) is 6.10 Å². The molecule has 1 heterocycles. The number of rotatable bonds is 5. The Balaban J connectivity index is 1.59. The van der Waals surface area contributed by atoms with E-state index in [1.165, 1.54) is 57.2 Å². The molecule has 2 fully saturated rings. The van der Waals surface area contributed by atoms with Crippen molar-refractivity contribution in [3.05, 3.63) is 11.6 Å². The molecule has 0 atom stereocenters. The summed E-state index contributed by atoms with van der Waals surface area (Å²) in [6.45, 7) is 7.83. The molecular formula is C15H28N2O. The number of hydrogen-bond acceptors (Lipinski definition) is 3. The summed E-state index contributed by atoms with van der Waals surface area (Å²) in [7, 11) is 0. The van der Waals surface area contributed by atoms with Crippen LogP contribution in [0.25, 0.3) is 0 Å². The van der Waals surface area contributed by atoms with Crippen molar-refractivity contribution < 1.29 is 4.84 Å². The molecule has 0 aromatic heterocycles. The third-order valence-electron chi connectivity index (χ3n) is 4.05. The first-order chi connectivity index (χ1) is 8.74. The number of hydroxylamine groups is 1. The van der Waals surface area contributed by atoms with E-state index in [0.717, 1.165) is 6.54 Å². The highest BCUT2D eigenvalue weighted by Crippen LogP contribution is 2.20. The third-order valence-corrected chi connectivity index (χ3v) is 4.05. The molecule has 0 radical (unpaired) electrons. The summed E-state index contributed by atoms with van der Waals surface area (Å²) in [6, 6.07) is 0.563. The fourth-order valence-electron chi connectivity index (χ4n) is 2.74. The molecule has 2 rings (SSSR count). The zero-order valence-electron chi connectivity index (χ0n) is 12.0. The van der Waals surface area contributed by atoms with E-state index in [4.69, 9.17) is 4.84 Å². The lowest BCUT2D eigenvalue weighted by molar-refractivity contribution is -0.0499. The summed E-state index contributed by atoms with van der Waals surface area (Å²) in [5.41, 5.74) is 4.72. The zero-order chi connectivity index (χ0) is 12.8. The SMILES string of the molecule is CC(C)=CCN1CCC(NOC2CCCC2)CC1. The molecule has 0 aromatic rings. The molecule has 1 N–H and O–H groups in total. The van der Waals surface area contributed by atoms with Gasteiger partial charge in [-0.1, -0.05) is 24.5 Å². The predicted molar refractivity (Wildman–Crippen MR) is 75.4 cm³/mol. The molecule has 0 aromatic carbocycles. The maximum Gasteiger partial charge on any atom is 0.0790 e. The van der Waals surface area contributed by atoms with Gasteiger partial charge in [0.1, 0.15) is 0 Å². The van der Waals surface area contributed by atoms with Gasteiger partial charge in [0.15, 0.2) is 0 Å². The number of hydrogen-bond donors (Lipinski definition) is 1. The quantitative estimate of drug-likeness (QED) is 0.601. The Kier molecular flexibility index (Phi) is 5.67. The molecule has 2 aliphatic rings. The molecule has 3 heteroatoms. The van der Waals surface area contributed by atoms with Gasteiger partial charge in [-0.25, -0.2) is 0 Å². The molecule has 18 heavy (non-hydrogen) atoms. The Bertz CT molecular complexity index is 260. The van der Waals surface area contributed by atoms with E-state index >= 15 is 0 Å². The van der Waals surface area contributed by atoms with Crippen molar-refractivity contribution in [2.75, 3.05) is 19.6 Å². The predicted octanol–water partition coefficient (Wildman–Crippen LogP) is 2.88. The molecule has 0 spiro atoms. The van der Waals surface area contributed by atoms with Gasteiger partial charge in [-0.15, -0.1) is 0 Å². The monoisotopic (exact) mass is 252 g/mol. The Hall–Kier alpha value is -0.380. The molecule has 1 aliphatic carbocycles. The minimum atomic E-state index is 0.480. The van der Waals surface area contributed by atoms with Crippen molar-refractivity contribution in [1.82, 2.24) is 10.4 Å². The average Bonchev–Trinajstić information content (AvgIpc) is 2.88. The van der Waals surface area contributed by atoms with Gasteiger partial charge in [-0.3, -0.25) is 9.74 Å². The van der Waals surface area contributed by atoms with Crippen LogP contribution < -0.4 is 5.48 Å². The van der Waals surface area contributed by atoms with Crippen molar-refractivity contribution in [1.29, 1.82) is 0 Å². The van der Waals surface area contributed by atoms with Crippen molar-refractivity contribution in [3.8, 4) is 0 Å². The minimum absolute atomic E-state index is 0.480. The van der Waals surface area contributed by atoms with Gasteiger partial charge in [0, 0.05) is 25.7 Å². The molecule has 0 bridgehead atoms. The largest absolute Gasteiger partial charge is 0.300 e. The van der Waals surface area contributed by atoms with Gasteiger partial charge in [0.2, 0.25) is 0 Å². The van der Waals surface area contributed by atoms with Crippen molar-refractivity contribution in [3.63, 3.8) is 0 Å². The lowest BCUT2D eigenvalue weighted by Gasteiger charge is -2.32. The van der Waals surface area contributed by atoms with E-state index in [-0.39, 0.29) is 0 Å². The Morgan fingerprint density at radius 1 is 1.17 bits per heavy atom. The van der Waals surface area contributed by atoms with Crippen LogP contribution in [0.3, 0.4) is 0 Å². The highest BCUT2D eigenvalue weighted by atomic mass is 16.7. The van der Waals surface area contributed by atoms with E-state index < -0.39 is 0 Å². The Labute approximate surface area is 112 Å². The smallest absolute Gasteiger partial charge is 0.0790 e. The zero-order valence-corrected chi connectivity index (χ0v) is 12.0. The van der Waals surface area contributed by atoms with Crippen LogP contribution in [0.5, 0.6) is 0 Å². The van der Waals surface area contributed by atoms with Crippen LogP contribution in [-0.4, -0.2) is 36.7 Å². The van der Waals surface area contributed by atoms with Gasteiger partial charge in [-0.2, -0.15) is 5.48 Å². The lowest BCUT2D eigenvalue weighted by atomic mass is 10.1. The highest BCUT2D eigenvalue weighted by Gasteiger charge is 2.21. The minimum Gasteiger partial charge on any atom is -0.300 e. The van der Waals surface area contributed by atoms with Gasteiger partial charge >= 0.3 is 0 Å². The van der Waals surface area contributed by atoms with Crippen molar-refractivity contribution in [2.45, 2.75) is 64.5 Å². The molecule has 3 nitrogen and oxygen atoms in total. The fraction of sp³-hybridized carbons (Fsp3) is 0.867. The van der Waals surface area contributed by atoms with Gasteiger partial charge in [-0.05, 0) is 39.5 Å². The summed E-state index contributed by atoms with van der Waals surface area (Å²) in [6.07, 6.45) is 10.4. The second-order valence-corrected chi connectivity index (χ2v) is 6.00. The highest BCUT2D eigenvalue weighted by molar-refractivity contribution is 4.95. The summed E-state index contributed by atoms with van der Waals surface area (Å²) in [5, 5.41) is 0. The van der Waals surface area contributed by atoms with Gasteiger partial charge < -0.3 is 0 Å². The summed E-state index contributed by atoms with van der Waals surface area (Å²) < 4.78 is 0. The van der Waals surface area contributed by atoms with Crippen molar-refractivity contribution >= 4 is 0 Å². The number of nitrogens with one attached hydrogen (secondary N) is 1. The first-order valence-electron chi connectivity index (χ1n) is 7.51. The van der Waals surface area contributed by atoms with E-state index in [0.29, 0.717) is 12.1 Å². The van der Waals surface area contributed by atoms with E-state index in [9.17, 15) is 0 Å². The van der Waals surface area contributed by atoms with Crippen LogP contribution in [0, 0.1) is 0 Å². The summed E-state index contributed by atoms with van der Waals surface area (Å²) >= 11 is 0. The summed E-state index contributed by atoms with van der Waals surface area (Å²) in [5.74, 6) is 0. The number of likely N-dealkylation sites (tertiary alicyclic amines) is 1. The number of nitrogens with zero attached hydrogens (tertiary/aromatic N) is 1. The van der Waals surface area contributed by atoms with E-state index in [1.54, 1.807) is 0 Å². The van der Waals surface area contributed by atoms with E-state index in [1.807, 2.05) is 0 Å². The molecular weight excluding hydrogens is 224 g/mol. The molecule has 0 unspecified atom stereocenters. The fourth-order valence-corrected chi connectivity index (χ4v) is 2.74. The average molecular weight is 252 g/mol. The van der Waals surface area contributed by atoms with Crippen molar-refractivity contribution in [2.24, 2.45) is 0 Å². The Morgan fingerprint density at radius 2 is 1.83 bits per heavy atom. The third kappa shape index (κ3) is 4.71. The topological polar surface area (TPSA) is 24.5 Å². The lowest BCUT2D eigenvalue weighted by Crippen LogP contribution is -2.43. The van der Waals surface area contributed by atoms with Crippen LogP contribution in [0.2, 0.25) is 0 Å². The summed E-state index contributed by atoms with van der Waals surface area (Å²) in [4.78, 5) is 8.32. The molecule has 1 aliphatic heterocycles. The van der Waals surface area contributed by atoms with Crippen LogP contribution in [-0.2, 0) is 4.84 Å². The maximum absolute atomic E-state index is 5.80. The van der Waals surface area contributed by atoms with Crippen LogP contribution in [0.1, 0.15) is 52.4 Å². The molecule has 0 amide bonds. The van der Waals surface area contributed by atoms with Crippen LogP contribution in [0.15, 0.2) is 11.6 Å². The molecule has 1 saturated carbocycles. The van der Waals surface area contributed by atoms with E-state index in [2.05, 4.69) is 30.3 Å². The normalized spacial score (nSPS) is 23.4. The number of allylic oxidation sites excluding steroid dienone is 1. The van der Waals surface area contributed by atoms with Crippen LogP contribution >= 0.6 is 0 Å². The first kappa shape index (κ1) is 14.0. The number of piperidine rings is 1. The second-order valence-electron chi connectivity index (χ2n) is 6.00. The molecule has 104 valence electrons. The molecule has 1 saturated heterocycles. The van der Waals surface area contributed by atoms with Gasteiger partial charge in [0.25, 0.3) is 0 Å². The Morgan fingerprint density at radius 3 is 2.44 bits per heavy atom. The first-order valence-corrected chi connectivity index (χ1v) is 7.51. The standard InChI is InChI=1S/C15H28N2O/c1-13(2)7-10-17-11-8-14(9-12-17)16-18-15-5-3-4-6-15/h7,14-16H,3-6,8-12H2,1-2H3. The second kappa shape index (κ2) is 7.27.